The summed E-state index contributed by atoms with van der Waals surface area (Å²) in [6.45, 7) is 1.45. The minimum absolute atomic E-state index is 0.0336. The number of carbonyl (C=O) groups excluding carboxylic acids is 1. The van der Waals surface area contributed by atoms with E-state index in [1.807, 2.05) is 0 Å². The van der Waals surface area contributed by atoms with E-state index in [-0.39, 0.29) is 21.5 Å². The SMILES string of the molecule is COc1cc2c(cc1C(C)=O)nc(Nc1c(Cl)ccc(Cl)c1F)n2C. The fourth-order valence-electron chi connectivity index (χ4n) is 2.53. The number of rotatable bonds is 4. The number of aryl methyl sites for hydroxylation is 1. The molecule has 0 bridgehead atoms. The third-order valence-corrected chi connectivity index (χ3v) is 4.47. The summed E-state index contributed by atoms with van der Waals surface area (Å²) in [5.74, 6) is -0.00610. The quantitative estimate of drug-likeness (QED) is 0.511. The first-order valence-electron chi connectivity index (χ1n) is 7.29. The Bertz CT molecular complexity index is 1000. The Labute approximate surface area is 153 Å². The van der Waals surface area contributed by atoms with E-state index in [4.69, 9.17) is 27.9 Å². The van der Waals surface area contributed by atoms with E-state index in [1.165, 1.54) is 26.2 Å². The van der Waals surface area contributed by atoms with Crippen molar-refractivity contribution in [3.8, 4) is 5.75 Å². The van der Waals surface area contributed by atoms with Crippen molar-refractivity contribution in [2.24, 2.45) is 7.05 Å². The smallest absolute Gasteiger partial charge is 0.208 e. The molecule has 1 aromatic heterocycles. The maximum absolute atomic E-state index is 14.2. The molecular weight excluding hydrogens is 368 g/mol. The molecule has 25 heavy (non-hydrogen) atoms. The first kappa shape index (κ1) is 17.5. The third-order valence-electron chi connectivity index (χ3n) is 3.86. The van der Waals surface area contributed by atoms with Crippen LogP contribution in [0.5, 0.6) is 5.75 Å². The summed E-state index contributed by atoms with van der Waals surface area (Å²) in [5.41, 5.74) is 1.73. The van der Waals surface area contributed by atoms with Crippen molar-refractivity contribution in [3.63, 3.8) is 0 Å². The summed E-state index contributed by atoms with van der Waals surface area (Å²) in [6, 6.07) is 6.22. The van der Waals surface area contributed by atoms with Crippen LogP contribution in [0, 0.1) is 5.82 Å². The zero-order valence-corrected chi connectivity index (χ0v) is 15.2. The number of anilines is 2. The molecule has 0 aliphatic heterocycles. The van der Waals surface area contributed by atoms with E-state index < -0.39 is 5.82 Å². The second-order valence-electron chi connectivity index (χ2n) is 5.44. The first-order valence-corrected chi connectivity index (χ1v) is 8.05. The normalized spacial score (nSPS) is 11.0. The lowest BCUT2D eigenvalue weighted by Gasteiger charge is -2.10. The van der Waals surface area contributed by atoms with Gasteiger partial charge in [-0.1, -0.05) is 23.2 Å². The Balaban J connectivity index is 2.14. The monoisotopic (exact) mass is 381 g/mol. The highest BCUT2D eigenvalue weighted by Crippen LogP contribution is 2.34. The fraction of sp³-hybridized carbons (Fsp3) is 0.176. The van der Waals surface area contributed by atoms with Gasteiger partial charge < -0.3 is 14.6 Å². The van der Waals surface area contributed by atoms with Crippen LogP contribution in [0.1, 0.15) is 17.3 Å². The molecule has 0 aliphatic rings. The molecule has 5 nitrogen and oxygen atoms in total. The molecule has 0 aliphatic carbocycles. The van der Waals surface area contributed by atoms with Gasteiger partial charge in [0.25, 0.3) is 0 Å². The number of Topliss-reactive ketones (excluding diaryl/α,β-unsaturated/α-hetero) is 1. The predicted octanol–water partition coefficient (Wildman–Crippen LogP) is 4.97. The number of carbonyl (C=O) groups is 1. The number of fused-ring (bicyclic) bond motifs is 1. The van der Waals surface area contributed by atoms with E-state index in [0.29, 0.717) is 28.3 Å². The minimum Gasteiger partial charge on any atom is -0.496 e. The molecule has 8 heteroatoms. The average Bonchev–Trinajstić information content (AvgIpc) is 2.89. The van der Waals surface area contributed by atoms with Gasteiger partial charge in [0, 0.05) is 13.1 Å². The van der Waals surface area contributed by atoms with Gasteiger partial charge in [0.05, 0.1) is 39.4 Å². The van der Waals surface area contributed by atoms with Gasteiger partial charge in [-0.2, -0.15) is 0 Å². The molecule has 0 spiro atoms. The van der Waals surface area contributed by atoms with Gasteiger partial charge in [-0.15, -0.1) is 0 Å². The van der Waals surface area contributed by atoms with Crippen LogP contribution >= 0.6 is 23.2 Å². The summed E-state index contributed by atoms with van der Waals surface area (Å²) in [4.78, 5) is 16.2. The van der Waals surface area contributed by atoms with Gasteiger partial charge in [-0.05, 0) is 25.1 Å². The lowest BCUT2D eigenvalue weighted by atomic mass is 10.1. The van der Waals surface area contributed by atoms with Crippen LogP contribution < -0.4 is 10.1 Å². The molecule has 130 valence electrons. The van der Waals surface area contributed by atoms with Crippen LogP contribution in [0.2, 0.25) is 10.0 Å². The zero-order chi connectivity index (χ0) is 18.3. The van der Waals surface area contributed by atoms with Gasteiger partial charge in [0.15, 0.2) is 11.6 Å². The Morgan fingerprint density at radius 1 is 1.28 bits per heavy atom. The molecule has 1 N–H and O–H groups in total. The molecule has 0 atom stereocenters. The second-order valence-corrected chi connectivity index (χ2v) is 6.25. The molecule has 0 radical (unpaired) electrons. The number of methoxy groups -OCH3 is 1. The van der Waals surface area contributed by atoms with E-state index in [9.17, 15) is 9.18 Å². The number of benzene rings is 2. The number of hydrogen-bond acceptors (Lipinski definition) is 4. The molecule has 0 saturated carbocycles. The molecular formula is C17H14Cl2FN3O2. The predicted molar refractivity (Wildman–Crippen MR) is 97.0 cm³/mol. The number of nitrogens with zero attached hydrogens (tertiary/aromatic N) is 2. The van der Waals surface area contributed by atoms with E-state index in [2.05, 4.69) is 10.3 Å². The van der Waals surface area contributed by atoms with Crippen LogP contribution in [-0.4, -0.2) is 22.4 Å². The molecule has 1 heterocycles. The van der Waals surface area contributed by atoms with Crippen LogP contribution in [0.25, 0.3) is 11.0 Å². The van der Waals surface area contributed by atoms with Crippen molar-refractivity contribution in [3.05, 3.63) is 45.7 Å². The van der Waals surface area contributed by atoms with Gasteiger partial charge in [0.2, 0.25) is 5.95 Å². The zero-order valence-electron chi connectivity index (χ0n) is 13.7. The van der Waals surface area contributed by atoms with Gasteiger partial charge in [-0.3, -0.25) is 4.79 Å². The highest BCUT2D eigenvalue weighted by molar-refractivity contribution is 6.35. The topological polar surface area (TPSA) is 56.1 Å². The van der Waals surface area contributed by atoms with Gasteiger partial charge >= 0.3 is 0 Å². The van der Waals surface area contributed by atoms with E-state index in [1.54, 1.807) is 23.7 Å². The Morgan fingerprint density at radius 3 is 2.60 bits per heavy atom. The highest BCUT2D eigenvalue weighted by Gasteiger charge is 2.18. The number of nitrogens with one attached hydrogen (secondary N) is 1. The number of halogens is 3. The van der Waals surface area contributed by atoms with Crippen molar-refractivity contribution in [1.82, 2.24) is 9.55 Å². The molecule has 3 rings (SSSR count). The highest BCUT2D eigenvalue weighted by atomic mass is 35.5. The second kappa shape index (κ2) is 6.54. The van der Waals surface area contributed by atoms with Crippen molar-refractivity contribution in [2.75, 3.05) is 12.4 Å². The summed E-state index contributed by atoms with van der Waals surface area (Å²) >= 11 is 11.9. The summed E-state index contributed by atoms with van der Waals surface area (Å²) in [5, 5.41) is 2.99. The van der Waals surface area contributed by atoms with Crippen molar-refractivity contribution in [2.45, 2.75) is 6.92 Å². The lowest BCUT2D eigenvalue weighted by molar-refractivity contribution is 0.101. The minimum atomic E-state index is -0.664. The van der Waals surface area contributed by atoms with Crippen molar-refractivity contribution >= 4 is 51.7 Å². The first-order chi connectivity index (χ1) is 11.8. The summed E-state index contributed by atoms with van der Waals surface area (Å²) in [6.07, 6.45) is 0. The van der Waals surface area contributed by atoms with Crippen molar-refractivity contribution in [1.29, 1.82) is 0 Å². The number of ether oxygens (including phenoxy) is 1. The summed E-state index contributed by atoms with van der Waals surface area (Å²) < 4.78 is 21.2. The van der Waals surface area contributed by atoms with Crippen LogP contribution in [0.3, 0.4) is 0 Å². The number of ketones is 1. The van der Waals surface area contributed by atoms with E-state index in [0.717, 1.165) is 0 Å². The van der Waals surface area contributed by atoms with Gasteiger partial charge in [-0.25, -0.2) is 9.37 Å². The summed E-state index contributed by atoms with van der Waals surface area (Å²) in [7, 11) is 3.24. The molecule has 0 amide bonds. The average molecular weight is 382 g/mol. The largest absolute Gasteiger partial charge is 0.496 e. The fourth-order valence-corrected chi connectivity index (χ4v) is 2.88. The number of hydrogen-bond donors (Lipinski definition) is 1. The number of aromatic nitrogens is 2. The Hall–Kier alpha value is -2.31. The number of imidazole rings is 1. The Morgan fingerprint density at radius 2 is 1.96 bits per heavy atom. The van der Waals surface area contributed by atoms with Crippen LogP contribution in [0.15, 0.2) is 24.3 Å². The molecule has 0 saturated heterocycles. The standard InChI is InChI=1S/C17H14Cl2FN3O2/c1-8(24)9-6-12-13(7-14(9)25-3)23(2)17(21-12)22-16-11(19)5-4-10(18)15(16)20/h4-7H,1-3H3,(H,21,22). The van der Waals surface area contributed by atoms with Crippen molar-refractivity contribution < 1.29 is 13.9 Å². The maximum Gasteiger partial charge on any atom is 0.208 e. The third kappa shape index (κ3) is 3.03. The van der Waals surface area contributed by atoms with Crippen LogP contribution in [0.4, 0.5) is 16.0 Å². The molecule has 0 fully saturated rings. The van der Waals surface area contributed by atoms with Crippen LogP contribution in [-0.2, 0) is 7.05 Å². The molecule has 0 unspecified atom stereocenters. The lowest BCUT2D eigenvalue weighted by Crippen LogP contribution is -2.02. The maximum atomic E-state index is 14.2. The van der Waals surface area contributed by atoms with E-state index >= 15 is 0 Å². The van der Waals surface area contributed by atoms with Gasteiger partial charge in [0.1, 0.15) is 5.75 Å². The molecule has 3 aromatic rings. The molecule has 2 aromatic carbocycles. The Kier molecular flexibility index (Phi) is 4.58.